The third-order valence-electron chi connectivity index (χ3n) is 9.53. The lowest BCUT2D eigenvalue weighted by atomic mass is 10.0. The Morgan fingerprint density at radius 2 is 0.864 bits per heavy atom. The molecule has 0 aromatic rings. The topological polar surface area (TPSA) is 341 Å². The lowest BCUT2D eigenvalue weighted by Crippen LogP contribution is -2.46. The van der Waals surface area contributed by atoms with Gasteiger partial charge in [-0.1, -0.05) is 77.0 Å². The quantitative estimate of drug-likeness (QED) is 0.0307. The van der Waals surface area contributed by atoms with Crippen LogP contribution in [-0.2, 0) is 43.1 Å². The number of nitrogens with one attached hydrogen (secondary N) is 4. The Morgan fingerprint density at radius 3 is 1.29 bits per heavy atom. The number of hydrogen-bond donors (Lipinski definition) is 11. The van der Waals surface area contributed by atoms with Crippen LogP contribution >= 0.6 is 0 Å². The van der Waals surface area contributed by atoms with E-state index in [2.05, 4.69) is 21.3 Å². The van der Waals surface area contributed by atoms with Gasteiger partial charge in [0.15, 0.2) is 6.29 Å². The number of carbonyl (C=O) groups excluding carboxylic acids is 5. The van der Waals surface area contributed by atoms with E-state index in [0.29, 0.717) is 6.42 Å². The highest BCUT2D eigenvalue weighted by molar-refractivity contribution is 5.85. The van der Waals surface area contributed by atoms with Gasteiger partial charge in [-0.2, -0.15) is 0 Å². The summed E-state index contributed by atoms with van der Waals surface area (Å²) in [6, 6.07) is -4.93. The molecule has 0 aliphatic rings. The summed E-state index contributed by atoms with van der Waals surface area (Å²) in [5.74, 6) is -6.90. The van der Waals surface area contributed by atoms with Crippen LogP contribution in [0.1, 0.15) is 154 Å². The minimum Gasteiger partial charge on any atom is -0.481 e. The number of unbranched alkanes of at least 4 members (excludes halogenated alkanes) is 13. The SMILES string of the molecule is NC(=O)CC[C@H](NC(=O)CC[C@H](NC(=O)CC[C@H](NC(=O)CC[C@@H](COCO)NC(=O)CCCCCCCCCCCCCCCCC(=O)O)C(=O)O)C(O)O)C(=O)O. The Morgan fingerprint density at radius 1 is 0.475 bits per heavy atom. The second-order valence-electron chi connectivity index (χ2n) is 14.7. The number of aliphatic hydroxyl groups is 3. The molecule has 0 heterocycles. The number of hydrogen-bond acceptors (Lipinski definition) is 12. The van der Waals surface area contributed by atoms with Crippen LogP contribution < -0.4 is 27.0 Å². The molecule has 0 aromatic heterocycles. The molecular formula is C39H69N5O15. The van der Waals surface area contributed by atoms with Crippen LogP contribution in [0.2, 0.25) is 0 Å². The molecule has 12 N–H and O–H groups in total. The van der Waals surface area contributed by atoms with Crippen LogP contribution in [0.15, 0.2) is 0 Å². The average molecular weight is 848 g/mol. The van der Waals surface area contributed by atoms with Gasteiger partial charge in [-0.25, -0.2) is 9.59 Å². The van der Waals surface area contributed by atoms with Gasteiger partial charge >= 0.3 is 17.9 Å². The fraction of sp³-hybridized carbons (Fsp3) is 0.795. The Balaban J connectivity index is 4.53. The van der Waals surface area contributed by atoms with Crippen molar-refractivity contribution >= 4 is 47.4 Å². The third-order valence-corrected chi connectivity index (χ3v) is 9.53. The van der Waals surface area contributed by atoms with Crippen molar-refractivity contribution in [3.8, 4) is 0 Å². The highest BCUT2D eigenvalue weighted by Crippen LogP contribution is 2.14. The number of nitrogens with two attached hydrogens (primary N) is 1. The summed E-state index contributed by atoms with van der Waals surface area (Å²) in [5.41, 5.74) is 5.01. The molecule has 340 valence electrons. The molecule has 0 aliphatic heterocycles. The maximum atomic E-state index is 12.7. The van der Waals surface area contributed by atoms with Crippen LogP contribution in [0.25, 0.3) is 0 Å². The minimum absolute atomic E-state index is 0.0686. The van der Waals surface area contributed by atoms with Gasteiger partial charge in [0.05, 0.1) is 18.7 Å². The van der Waals surface area contributed by atoms with E-state index in [1.165, 1.54) is 32.1 Å². The molecular weight excluding hydrogens is 778 g/mol. The van der Waals surface area contributed by atoms with E-state index in [1.807, 2.05) is 0 Å². The maximum Gasteiger partial charge on any atom is 0.326 e. The number of ether oxygens (including phenoxy) is 1. The summed E-state index contributed by atoms with van der Waals surface area (Å²) in [7, 11) is 0. The average Bonchev–Trinajstić information content (AvgIpc) is 3.16. The van der Waals surface area contributed by atoms with Gasteiger partial charge in [0, 0.05) is 38.5 Å². The fourth-order valence-electron chi connectivity index (χ4n) is 6.15. The van der Waals surface area contributed by atoms with Crippen LogP contribution in [0.5, 0.6) is 0 Å². The van der Waals surface area contributed by atoms with Crippen molar-refractivity contribution in [1.29, 1.82) is 0 Å². The summed E-state index contributed by atoms with van der Waals surface area (Å²) in [5, 5.41) is 65.5. The van der Waals surface area contributed by atoms with Crippen molar-refractivity contribution in [2.24, 2.45) is 5.73 Å². The smallest absolute Gasteiger partial charge is 0.326 e. The molecule has 0 spiro atoms. The van der Waals surface area contributed by atoms with Crippen molar-refractivity contribution in [2.45, 2.75) is 185 Å². The van der Waals surface area contributed by atoms with Gasteiger partial charge in [0.25, 0.3) is 0 Å². The summed E-state index contributed by atoms with van der Waals surface area (Å²) in [6.45, 7) is -0.692. The first-order valence-electron chi connectivity index (χ1n) is 20.7. The molecule has 0 saturated heterocycles. The highest BCUT2D eigenvalue weighted by atomic mass is 16.6. The van der Waals surface area contributed by atoms with Crippen LogP contribution in [0, 0.1) is 0 Å². The third kappa shape index (κ3) is 32.2. The van der Waals surface area contributed by atoms with E-state index in [4.69, 9.17) is 20.7 Å². The van der Waals surface area contributed by atoms with E-state index in [1.54, 1.807) is 0 Å². The number of aliphatic carboxylic acids is 3. The molecule has 0 unspecified atom stereocenters. The summed E-state index contributed by atoms with van der Waals surface area (Å²) < 4.78 is 5.03. The van der Waals surface area contributed by atoms with Crippen molar-refractivity contribution < 1.29 is 73.7 Å². The first-order chi connectivity index (χ1) is 28.0. The molecule has 20 nitrogen and oxygen atoms in total. The van der Waals surface area contributed by atoms with E-state index >= 15 is 0 Å². The van der Waals surface area contributed by atoms with Gasteiger partial charge in [-0.15, -0.1) is 0 Å². The number of primary amides is 1. The van der Waals surface area contributed by atoms with Crippen molar-refractivity contribution in [2.75, 3.05) is 13.4 Å². The molecule has 0 radical (unpaired) electrons. The normalized spacial score (nSPS) is 13.2. The number of carboxylic acid groups (broad SMARTS) is 3. The fourth-order valence-corrected chi connectivity index (χ4v) is 6.15. The van der Waals surface area contributed by atoms with Gasteiger partial charge in [-0.05, 0) is 38.5 Å². The highest BCUT2D eigenvalue weighted by Gasteiger charge is 2.26. The predicted molar refractivity (Wildman–Crippen MR) is 212 cm³/mol. The zero-order chi connectivity index (χ0) is 44.4. The Hall–Kier alpha value is -4.40. The first kappa shape index (κ1) is 54.6. The predicted octanol–water partition coefficient (Wildman–Crippen LogP) is 1.30. The van der Waals surface area contributed by atoms with Crippen LogP contribution in [-0.4, -0.2) is 122 Å². The van der Waals surface area contributed by atoms with Gasteiger partial charge in [0.1, 0.15) is 18.9 Å². The molecule has 0 rings (SSSR count). The number of carbonyl (C=O) groups is 8. The largest absolute Gasteiger partial charge is 0.481 e. The number of carboxylic acids is 3. The van der Waals surface area contributed by atoms with Gasteiger partial charge in [0.2, 0.25) is 29.5 Å². The second-order valence-corrected chi connectivity index (χ2v) is 14.7. The number of aliphatic hydroxyl groups excluding tert-OH is 2. The molecule has 20 heteroatoms. The molecule has 0 bridgehead atoms. The number of amides is 5. The molecule has 4 atom stereocenters. The molecule has 5 amide bonds. The Labute approximate surface area is 345 Å². The molecule has 0 aliphatic carbocycles. The van der Waals surface area contributed by atoms with Crippen molar-refractivity contribution in [3.05, 3.63) is 0 Å². The van der Waals surface area contributed by atoms with E-state index < -0.39 is 91.6 Å². The van der Waals surface area contributed by atoms with E-state index in [9.17, 15) is 58.8 Å². The van der Waals surface area contributed by atoms with E-state index in [-0.39, 0.29) is 63.9 Å². The zero-order valence-corrected chi connectivity index (χ0v) is 34.2. The lowest BCUT2D eigenvalue weighted by Gasteiger charge is -2.22. The second kappa shape index (κ2) is 34.5. The standard InChI is InChI=1S/C39H69N5O15/c40-31(46)21-18-28(37(53)54)42-34(49)23-20-30(39(57)58)44-35(50)24-19-29(38(55)56)43-33(48)22-17-27(25-59-26-45)41-32(47)15-13-11-9-7-5-3-1-2-4-6-8-10-12-14-16-36(51)52/h27-30,39,45,57-58H,1-26H2,(H2,40,46)(H,41,47)(H,42,49)(H,43,48)(H,44,50)(H,51,52)(H,53,54)(H,55,56)/t27-,28-,29-,30-/m0/s1. The summed E-state index contributed by atoms with van der Waals surface area (Å²) in [6.07, 6.45) is 10.8. The molecule has 0 aromatic carbocycles. The van der Waals surface area contributed by atoms with Crippen molar-refractivity contribution in [1.82, 2.24) is 21.3 Å². The van der Waals surface area contributed by atoms with Gasteiger partial charge in [-0.3, -0.25) is 28.8 Å². The first-order valence-corrected chi connectivity index (χ1v) is 20.7. The molecule has 0 fully saturated rings. The molecule has 0 saturated carbocycles. The Bertz CT molecular complexity index is 1270. The zero-order valence-electron chi connectivity index (χ0n) is 34.2. The summed E-state index contributed by atoms with van der Waals surface area (Å²) in [4.78, 5) is 94.7. The maximum absolute atomic E-state index is 12.7. The lowest BCUT2D eigenvalue weighted by molar-refractivity contribution is -0.142. The molecule has 59 heavy (non-hydrogen) atoms. The summed E-state index contributed by atoms with van der Waals surface area (Å²) >= 11 is 0. The van der Waals surface area contributed by atoms with Crippen LogP contribution in [0.3, 0.4) is 0 Å². The van der Waals surface area contributed by atoms with E-state index in [0.717, 1.165) is 51.4 Å². The monoisotopic (exact) mass is 847 g/mol. The van der Waals surface area contributed by atoms with Crippen LogP contribution in [0.4, 0.5) is 0 Å². The Kier molecular flexibility index (Phi) is 31.9. The number of rotatable bonds is 39. The minimum atomic E-state index is -2.13. The van der Waals surface area contributed by atoms with Crippen molar-refractivity contribution in [3.63, 3.8) is 0 Å². The van der Waals surface area contributed by atoms with Gasteiger partial charge < -0.3 is 62.4 Å².